The predicted molar refractivity (Wildman–Crippen MR) is 98.3 cm³/mol. The molecule has 6 nitrogen and oxygen atoms in total. The van der Waals surface area contributed by atoms with E-state index in [1.54, 1.807) is 12.1 Å². The Balaban J connectivity index is 1.93. The summed E-state index contributed by atoms with van der Waals surface area (Å²) in [5, 5.41) is 2.66. The van der Waals surface area contributed by atoms with Crippen LogP contribution < -0.4 is 10.1 Å². The van der Waals surface area contributed by atoms with E-state index in [1.807, 2.05) is 31.2 Å². The number of hydrogen-bond donors (Lipinski definition) is 1. The molecule has 8 heteroatoms. The highest BCUT2D eigenvalue weighted by atomic mass is 32.2. The molecule has 0 saturated heterocycles. The smallest absolute Gasteiger partial charge is 0.252 e. The molecule has 1 aromatic heterocycles. The zero-order valence-electron chi connectivity index (χ0n) is 14.5. The highest BCUT2D eigenvalue weighted by molar-refractivity contribution is 7.91. The fraction of sp³-hybridized carbons (Fsp3) is 0.353. The van der Waals surface area contributed by atoms with E-state index in [1.165, 1.54) is 18.3 Å². The number of rotatable bonds is 8. The molecule has 0 saturated carbocycles. The molecule has 136 valence electrons. The van der Waals surface area contributed by atoms with Crippen molar-refractivity contribution >= 4 is 27.3 Å². The van der Waals surface area contributed by atoms with E-state index in [2.05, 4.69) is 5.32 Å². The summed E-state index contributed by atoms with van der Waals surface area (Å²) >= 11 is 1.16. The second kappa shape index (κ2) is 8.46. The van der Waals surface area contributed by atoms with Gasteiger partial charge in [-0.25, -0.2) is 8.42 Å². The molecule has 0 radical (unpaired) electrons. The maximum absolute atomic E-state index is 12.6. The van der Waals surface area contributed by atoms with Gasteiger partial charge in [-0.2, -0.15) is 4.31 Å². The number of thiophene rings is 1. The number of ether oxygens (including phenoxy) is 1. The van der Waals surface area contributed by atoms with E-state index in [-0.39, 0.29) is 23.3 Å². The third kappa shape index (κ3) is 5.55. The molecule has 0 aliphatic heterocycles. The largest absolute Gasteiger partial charge is 0.492 e. The Hall–Kier alpha value is -1.90. The molecule has 2 aromatic rings. The van der Waals surface area contributed by atoms with Crippen molar-refractivity contribution in [3.8, 4) is 5.75 Å². The third-order valence-electron chi connectivity index (χ3n) is 3.48. The predicted octanol–water partition coefficient (Wildman–Crippen LogP) is 2.39. The molecule has 25 heavy (non-hydrogen) atoms. The first-order chi connectivity index (χ1) is 11.8. The Morgan fingerprint density at radius 2 is 2.04 bits per heavy atom. The van der Waals surface area contributed by atoms with Gasteiger partial charge in [0.2, 0.25) is 5.91 Å². The average molecular weight is 383 g/mol. The Labute approximate surface area is 152 Å². The molecule has 1 amide bonds. The minimum atomic E-state index is -3.56. The fourth-order valence-corrected chi connectivity index (χ4v) is 4.74. The van der Waals surface area contributed by atoms with Crippen molar-refractivity contribution in [3.05, 3.63) is 46.8 Å². The zero-order valence-corrected chi connectivity index (χ0v) is 16.1. The molecule has 0 aliphatic rings. The Morgan fingerprint density at radius 3 is 2.72 bits per heavy atom. The SMILES string of the molecule is CC(=O)NCc1ccc(S(=O)(=O)N(C)CCOc2cccc(C)c2)s1. The molecular weight excluding hydrogens is 360 g/mol. The number of carbonyl (C=O) groups excluding carboxylic acids is 1. The lowest BCUT2D eigenvalue weighted by atomic mass is 10.2. The maximum atomic E-state index is 12.6. The monoisotopic (exact) mass is 382 g/mol. The summed E-state index contributed by atoms with van der Waals surface area (Å²) in [6.07, 6.45) is 0. The van der Waals surface area contributed by atoms with Crippen molar-refractivity contribution in [2.75, 3.05) is 20.2 Å². The number of carbonyl (C=O) groups is 1. The van der Waals surface area contributed by atoms with Gasteiger partial charge in [0, 0.05) is 25.4 Å². The summed E-state index contributed by atoms with van der Waals surface area (Å²) in [5.41, 5.74) is 1.09. The van der Waals surface area contributed by atoms with Gasteiger partial charge in [-0.3, -0.25) is 4.79 Å². The van der Waals surface area contributed by atoms with Crippen LogP contribution in [0.15, 0.2) is 40.6 Å². The quantitative estimate of drug-likeness (QED) is 0.761. The lowest BCUT2D eigenvalue weighted by molar-refractivity contribution is -0.119. The Morgan fingerprint density at radius 1 is 1.28 bits per heavy atom. The minimum Gasteiger partial charge on any atom is -0.492 e. The van der Waals surface area contributed by atoms with Crippen LogP contribution in [-0.4, -0.2) is 38.8 Å². The standard InChI is InChI=1S/C17H22N2O4S2/c1-13-5-4-6-15(11-13)23-10-9-19(3)25(21,22)17-8-7-16(24-17)12-18-14(2)20/h4-8,11H,9-10,12H2,1-3H3,(H,18,20). The highest BCUT2D eigenvalue weighted by Gasteiger charge is 2.22. The van der Waals surface area contributed by atoms with E-state index in [4.69, 9.17) is 4.74 Å². The van der Waals surface area contributed by atoms with Crippen molar-refractivity contribution in [3.63, 3.8) is 0 Å². The molecule has 2 rings (SSSR count). The lowest BCUT2D eigenvalue weighted by Crippen LogP contribution is -2.30. The summed E-state index contributed by atoms with van der Waals surface area (Å²) in [6.45, 7) is 4.24. The number of aryl methyl sites for hydroxylation is 1. The van der Waals surface area contributed by atoms with Gasteiger partial charge >= 0.3 is 0 Å². The van der Waals surface area contributed by atoms with E-state index < -0.39 is 10.0 Å². The fourth-order valence-electron chi connectivity index (χ4n) is 2.07. The number of sulfonamides is 1. The van der Waals surface area contributed by atoms with Gasteiger partial charge < -0.3 is 10.1 Å². The van der Waals surface area contributed by atoms with Crippen molar-refractivity contribution in [2.24, 2.45) is 0 Å². The maximum Gasteiger partial charge on any atom is 0.252 e. The normalized spacial score (nSPS) is 11.5. The van der Waals surface area contributed by atoms with Crippen LogP contribution in [0.4, 0.5) is 0 Å². The summed E-state index contributed by atoms with van der Waals surface area (Å²) < 4.78 is 32.3. The summed E-state index contributed by atoms with van der Waals surface area (Å²) in [5.74, 6) is 0.572. The highest BCUT2D eigenvalue weighted by Crippen LogP contribution is 2.24. The van der Waals surface area contributed by atoms with Crippen molar-refractivity contribution in [1.82, 2.24) is 9.62 Å². The van der Waals surface area contributed by atoms with Crippen LogP contribution in [0.1, 0.15) is 17.4 Å². The van der Waals surface area contributed by atoms with Gasteiger partial charge in [-0.05, 0) is 36.8 Å². The first-order valence-electron chi connectivity index (χ1n) is 7.78. The number of amides is 1. The molecule has 1 N–H and O–H groups in total. The second-order valence-corrected chi connectivity index (χ2v) is 9.06. The van der Waals surface area contributed by atoms with Gasteiger partial charge in [-0.1, -0.05) is 12.1 Å². The van der Waals surface area contributed by atoms with E-state index in [9.17, 15) is 13.2 Å². The molecule has 0 spiro atoms. The second-order valence-electron chi connectivity index (χ2n) is 5.62. The minimum absolute atomic E-state index is 0.150. The number of nitrogens with zero attached hydrogens (tertiary/aromatic N) is 1. The van der Waals surface area contributed by atoms with E-state index >= 15 is 0 Å². The van der Waals surface area contributed by atoms with Crippen LogP contribution in [0.3, 0.4) is 0 Å². The Kier molecular flexibility index (Phi) is 6.57. The van der Waals surface area contributed by atoms with Crippen molar-refractivity contribution < 1.29 is 17.9 Å². The first-order valence-corrected chi connectivity index (χ1v) is 10.0. The third-order valence-corrected chi connectivity index (χ3v) is 6.89. The van der Waals surface area contributed by atoms with Crippen LogP contribution in [0.5, 0.6) is 5.75 Å². The lowest BCUT2D eigenvalue weighted by Gasteiger charge is -2.16. The topological polar surface area (TPSA) is 75.7 Å². The molecule has 0 aliphatic carbocycles. The van der Waals surface area contributed by atoms with E-state index in [0.717, 1.165) is 27.5 Å². The van der Waals surface area contributed by atoms with Crippen molar-refractivity contribution in [2.45, 2.75) is 24.6 Å². The number of nitrogens with one attached hydrogen (secondary N) is 1. The van der Waals surface area contributed by atoms with Crippen LogP contribution in [-0.2, 0) is 21.4 Å². The number of benzene rings is 1. The number of hydrogen-bond acceptors (Lipinski definition) is 5. The Bertz CT molecular complexity index is 831. The number of likely N-dealkylation sites (N-methyl/N-ethyl adjacent to an activating group) is 1. The van der Waals surface area contributed by atoms with Crippen molar-refractivity contribution in [1.29, 1.82) is 0 Å². The molecule has 0 fully saturated rings. The molecule has 1 aromatic carbocycles. The molecule has 0 atom stereocenters. The average Bonchev–Trinajstić information content (AvgIpc) is 3.02. The molecular formula is C17H22N2O4S2. The van der Waals surface area contributed by atoms with Crippen LogP contribution >= 0.6 is 11.3 Å². The summed E-state index contributed by atoms with van der Waals surface area (Å²) in [4.78, 5) is 11.7. The molecule has 0 bridgehead atoms. The van der Waals surface area contributed by atoms with Crippen LogP contribution in [0.25, 0.3) is 0 Å². The van der Waals surface area contributed by atoms with Gasteiger partial charge in [0.15, 0.2) is 0 Å². The van der Waals surface area contributed by atoms with Gasteiger partial charge in [0.1, 0.15) is 16.6 Å². The van der Waals surface area contributed by atoms with Gasteiger partial charge in [-0.15, -0.1) is 11.3 Å². The summed E-state index contributed by atoms with van der Waals surface area (Å²) in [6, 6.07) is 10.9. The summed E-state index contributed by atoms with van der Waals surface area (Å²) in [7, 11) is -2.03. The van der Waals surface area contributed by atoms with E-state index in [0.29, 0.717) is 6.54 Å². The zero-order chi connectivity index (χ0) is 18.4. The first kappa shape index (κ1) is 19.4. The van der Waals surface area contributed by atoms with Gasteiger partial charge in [0.05, 0.1) is 6.54 Å². The molecule has 1 heterocycles. The van der Waals surface area contributed by atoms with Crippen LogP contribution in [0.2, 0.25) is 0 Å². The van der Waals surface area contributed by atoms with Gasteiger partial charge in [0.25, 0.3) is 10.0 Å². The molecule has 0 unspecified atom stereocenters. The van der Waals surface area contributed by atoms with Crippen LogP contribution in [0, 0.1) is 6.92 Å².